The van der Waals surface area contributed by atoms with E-state index in [1.807, 2.05) is 24.3 Å². The predicted octanol–water partition coefficient (Wildman–Crippen LogP) is 3.52. The third-order valence-corrected chi connectivity index (χ3v) is 4.83. The topological polar surface area (TPSA) is 68.8 Å². The lowest BCUT2D eigenvalue weighted by molar-refractivity contribution is -0.00407. The van der Waals surface area contributed by atoms with Gasteiger partial charge in [0, 0.05) is 21.0 Å². The van der Waals surface area contributed by atoms with Crippen LogP contribution in [0.5, 0.6) is 0 Å². The Hall–Kier alpha value is -2.41. The van der Waals surface area contributed by atoms with Gasteiger partial charge >= 0.3 is 0 Å². The van der Waals surface area contributed by atoms with Crippen LogP contribution in [0.4, 0.5) is 0 Å². The van der Waals surface area contributed by atoms with Crippen molar-refractivity contribution < 1.29 is 5.11 Å². The number of hydrogen-bond acceptors (Lipinski definition) is 4. The largest absolute Gasteiger partial charge is 0.381 e. The molecule has 26 heavy (non-hydrogen) atoms. The molecule has 2 heterocycles. The average Bonchev–Trinajstić information content (AvgIpc) is 3.25. The van der Waals surface area contributed by atoms with Gasteiger partial charge in [0.15, 0.2) is 0 Å². The Bertz CT molecular complexity index is 1050. The first-order valence-corrected chi connectivity index (χ1v) is 8.72. The molecule has 2 aromatic carbocycles. The van der Waals surface area contributed by atoms with Gasteiger partial charge in [-0.2, -0.15) is 10.2 Å². The molecule has 4 rings (SSSR count). The van der Waals surface area contributed by atoms with Gasteiger partial charge in [-0.3, -0.25) is 4.68 Å². The maximum absolute atomic E-state index is 11.6. The zero-order valence-corrected chi connectivity index (χ0v) is 15.1. The molecular formula is C18H15Cl2N5O. The third kappa shape index (κ3) is 3.19. The highest BCUT2D eigenvalue weighted by molar-refractivity contribution is 6.35. The molecule has 0 amide bonds. The van der Waals surface area contributed by atoms with E-state index in [1.165, 1.54) is 6.33 Å². The van der Waals surface area contributed by atoms with Crippen molar-refractivity contribution in [2.75, 3.05) is 0 Å². The summed E-state index contributed by atoms with van der Waals surface area (Å²) in [6.45, 7) is 0.365. The molecule has 1 atom stereocenters. The van der Waals surface area contributed by atoms with Crippen LogP contribution in [-0.4, -0.2) is 29.7 Å². The molecule has 0 aliphatic carbocycles. The van der Waals surface area contributed by atoms with E-state index in [1.54, 1.807) is 40.1 Å². The molecule has 1 N–H and O–H groups in total. The average molecular weight is 388 g/mol. The number of para-hydroxylation sites is 1. The van der Waals surface area contributed by atoms with Crippen LogP contribution in [0.2, 0.25) is 10.0 Å². The molecule has 0 saturated carbocycles. The number of benzene rings is 2. The Kier molecular flexibility index (Phi) is 4.40. The van der Waals surface area contributed by atoms with Crippen molar-refractivity contribution in [2.45, 2.75) is 18.7 Å². The fraction of sp³-hybridized carbons (Fsp3) is 0.167. The van der Waals surface area contributed by atoms with Crippen molar-refractivity contribution in [1.29, 1.82) is 0 Å². The molecule has 0 saturated heterocycles. The number of halogens is 2. The summed E-state index contributed by atoms with van der Waals surface area (Å²) < 4.78 is 3.33. The molecule has 2 aromatic heterocycles. The Morgan fingerprint density at radius 2 is 1.88 bits per heavy atom. The summed E-state index contributed by atoms with van der Waals surface area (Å²) in [5.41, 5.74) is 0.123. The van der Waals surface area contributed by atoms with Crippen LogP contribution < -0.4 is 0 Å². The highest BCUT2D eigenvalue weighted by atomic mass is 35.5. The van der Waals surface area contributed by atoms with Gasteiger partial charge in [0.2, 0.25) is 0 Å². The molecule has 4 aromatic rings. The Labute approximate surface area is 159 Å². The maximum Gasteiger partial charge on any atom is 0.137 e. The number of rotatable bonds is 5. The molecule has 0 radical (unpaired) electrons. The monoisotopic (exact) mass is 387 g/mol. The van der Waals surface area contributed by atoms with Gasteiger partial charge in [-0.25, -0.2) is 9.67 Å². The fourth-order valence-electron chi connectivity index (χ4n) is 3.07. The number of fused-ring (bicyclic) bond motifs is 1. The minimum absolute atomic E-state index is 0.169. The summed E-state index contributed by atoms with van der Waals surface area (Å²) in [5, 5.41) is 22.0. The van der Waals surface area contributed by atoms with Gasteiger partial charge in [-0.05, 0) is 18.2 Å². The van der Waals surface area contributed by atoms with E-state index in [-0.39, 0.29) is 13.1 Å². The van der Waals surface area contributed by atoms with Crippen LogP contribution in [0, 0.1) is 0 Å². The number of hydrogen-bond donors (Lipinski definition) is 1. The molecule has 0 aliphatic heterocycles. The Morgan fingerprint density at radius 3 is 2.65 bits per heavy atom. The van der Waals surface area contributed by atoms with Crippen LogP contribution in [0.3, 0.4) is 0 Å². The fourth-order valence-corrected chi connectivity index (χ4v) is 3.65. The predicted molar refractivity (Wildman–Crippen MR) is 100 cm³/mol. The zero-order chi connectivity index (χ0) is 18.1. The lowest BCUT2D eigenvalue weighted by atomic mass is 9.93. The highest BCUT2D eigenvalue weighted by Crippen LogP contribution is 2.33. The van der Waals surface area contributed by atoms with Gasteiger partial charge in [-0.15, -0.1) is 0 Å². The smallest absolute Gasteiger partial charge is 0.137 e. The minimum Gasteiger partial charge on any atom is -0.381 e. The van der Waals surface area contributed by atoms with E-state index < -0.39 is 5.60 Å². The molecule has 0 spiro atoms. The van der Waals surface area contributed by atoms with Crippen LogP contribution in [-0.2, 0) is 18.7 Å². The Balaban J connectivity index is 1.79. The summed E-state index contributed by atoms with van der Waals surface area (Å²) >= 11 is 12.4. The van der Waals surface area contributed by atoms with Crippen molar-refractivity contribution in [3.8, 4) is 0 Å². The van der Waals surface area contributed by atoms with E-state index in [0.29, 0.717) is 15.6 Å². The lowest BCUT2D eigenvalue weighted by Gasteiger charge is -2.29. The molecule has 0 bridgehead atoms. The second-order valence-corrected chi connectivity index (χ2v) is 6.95. The van der Waals surface area contributed by atoms with Gasteiger partial charge in [0.1, 0.15) is 18.3 Å². The molecule has 0 aliphatic rings. The molecule has 8 heteroatoms. The summed E-state index contributed by atoms with van der Waals surface area (Å²) in [5.74, 6) is 0. The number of aromatic nitrogens is 5. The van der Waals surface area contributed by atoms with Gasteiger partial charge in [-0.1, -0.05) is 47.5 Å². The first kappa shape index (κ1) is 17.0. The molecule has 0 fully saturated rings. The normalized spacial score (nSPS) is 13.8. The van der Waals surface area contributed by atoms with Crippen molar-refractivity contribution in [3.05, 3.63) is 76.9 Å². The summed E-state index contributed by atoms with van der Waals surface area (Å²) in [6, 6.07) is 12.9. The van der Waals surface area contributed by atoms with Crippen LogP contribution >= 0.6 is 23.2 Å². The number of nitrogens with zero attached hydrogens (tertiary/aromatic N) is 5. The third-order valence-electron chi connectivity index (χ3n) is 4.29. The van der Waals surface area contributed by atoms with Gasteiger partial charge < -0.3 is 5.11 Å². The SMILES string of the molecule is O[C@@](Cn1cncn1)(Cn1ncc2ccccc21)c1ccc(Cl)cc1Cl. The second kappa shape index (κ2) is 6.72. The Morgan fingerprint density at radius 1 is 1.04 bits per heavy atom. The lowest BCUT2D eigenvalue weighted by Crippen LogP contribution is -2.37. The van der Waals surface area contributed by atoms with Crippen molar-refractivity contribution in [3.63, 3.8) is 0 Å². The summed E-state index contributed by atoms with van der Waals surface area (Å²) in [4.78, 5) is 3.95. The standard InChI is InChI=1S/C18H15Cl2N5O/c19-14-5-6-15(16(20)7-14)18(26,9-24-12-21-11-23-24)10-25-17-4-2-1-3-13(17)8-22-25/h1-8,11-12,26H,9-10H2/t18-/m0/s1. The summed E-state index contributed by atoms with van der Waals surface area (Å²) in [7, 11) is 0. The van der Waals surface area contributed by atoms with Crippen LogP contribution in [0.15, 0.2) is 61.3 Å². The van der Waals surface area contributed by atoms with Crippen molar-refractivity contribution >= 4 is 34.1 Å². The molecular weight excluding hydrogens is 373 g/mol. The van der Waals surface area contributed by atoms with E-state index in [0.717, 1.165) is 10.9 Å². The first-order chi connectivity index (χ1) is 12.5. The van der Waals surface area contributed by atoms with E-state index in [2.05, 4.69) is 15.2 Å². The molecule has 6 nitrogen and oxygen atoms in total. The van der Waals surface area contributed by atoms with Crippen molar-refractivity contribution in [1.82, 2.24) is 24.5 Å². The highest BCUT2D eigenvalue weighted by Gasteiger charge is 2.34. The minimum atomic E-state index is -1.36. The zero-order valence-electron chi connectivity index (χ0n) is 13.6. The quantitative estimate of drug-likeness (QED) is 0.568. The van der Waals surface area contributed by atoms with E-state index in [9.17, 15) is 5.11 Å². The number of aliphatic hydroxyl groups is 1. The maximum atomic E-state index is 11.6. The van der Waals surface area contributed by atoms with Gasteiger partial charge in [0.25, 0.3) is 0 Å². The van der Waals surface area contributed by atoms with Crippen LogP contribution in [0.25, 0.3) is 10.9 Å². The van der Waals surface area contributed by atoms with E-state index in [4.69, 9.17) is 23.2 Å². The first-order valence-electron chi connectivity index (χ1n) is 7.96. The van der Waals surface area contributed by atoms with E-state index >= 15 is 0 Å². The second-order valence-electron chi connectivity index (χ2n) is 6.11. The molecule has 132 valence electrons. The van der Waals surface area contributed by atoms with Crippen LogP contribution in [0.1, 0.15) is 5.56 Å². The summed E-state index contributed by atoms with van der Waals surface area (Å²) in [6.07, 6.45) is 4.75. The van der Waals surface area contributed by atoms with Gasteiger partial charge in [0.05, 0.1) is 24.8 Å². The van der Waals surface area contributed by atoms with Crippen molar-refractivity contribution in [2.24, 2.45) is 0 Å². The molecule has 0 unspecified atom stereocenters.